The number of aromatic nitrogens is 2. The number of hydrogen-bond acceptors (Lipinski definition) is 6. The summed E-state index contributed by atoms with van der Waals surface area (Å²) in [6.07, 6.45) is -3.92. The third-order valence-electron chi connectivity index (χ3n) is 4.65. The Hall–Kier alpha value is -4.49. The second-order valence-corrected chi connectivity index (χ2v) is 8.77. The number of carbonyl (C=O) groups is 2. The Balaban J connectivity index is 1.94. The minimum Gasteiger partial charge on any atom is -0.444 e. The van der Waals surface area contributed by atoms with Crippen molar-refractivity contribution in [2.45, 2.75) is 38.8 Å². The van der Waals surface area contributed by atoms with Gasteiger partial charge in [0, 0.05) is 12.4 Å². The van der Waals surface area contributed by atoms with E-state index in [1.54, 1.807) is 20.8 Å². The molecule has 0 aliphatic heterocycles. The van der Waals surface area contributed by atoms with E-state index in [2.05, 4.69) is 25.3 Å². The van der Waals surface area contributed by atoms with Crippen LogP contribution in [0.3, 0.4) is 0 Å². The Morgan fingerprint density at radius 1 is 1.05 bits per heavy atom. The van der Waals surface area contributed by atoms with E-state index >= 15 is 0 Å². The van der Waals surface area contributed by atoms with E-state index in [0.29, 0.717) is 12.1 Å². The molecule has 1 atom stereocenters. The van der Waals surface area contributed by atoms with Crippen LogP contribution in [0.2, 0.25) is 0 Å². The molecule has 0 radical (unpaired) electrons. The highest BCUT2D eigenvalue weighted by molar-refractivity contribution is 5.96. The highest BCUT2D eigenvalue weighted by Gasteiger charge is 2.33. The summed E-state index contributed by atoms with van der Waals surface area (Å²) < 4.78 is 75.2. The van der Waals surface area contributed by atoms with Crippen molar-refractivity contribution >= 4 is 17.7 Å². The Morgan fingerprint density at radius 3 is 2.37 bits per heavy atom. The number of nitrogens with zero attached hydrogens (tertiary/aromatic N) is 1. The molecule has 9 nitrogen and oxygen atoms in total. The van der Waals surface area contributed by atoms with Crippen LogP contribution >= 0.6 is 0 Å². The number of aromatic amines is 1. The lowest BCUT2D eigenvalue weighted by molar-refractivity contribution is -0.275. The van der Waals surface area contributed by atoms with Crippen LogP contribution < -0.4 is 20.9 Å². The fourth-order valence-electron chi connectivity index (χ4n) is 3.16. The normalized spacial score (nSPS) is 12.4. The van der Waals surface area contributed by atoms with Gasteiger partial charge in [0.2, 0.25) is 0 Å². The molecule has 38 heavy (non-hydrogen) atoms. The first kappa shape index (κ1) is 28.1. The van der Waals surface area contributed by atoms with Gasteiger partial charge in [0.25, 0.3) is 11.5 Å². The van der Waals surface area contributed by atoms with Gasteiger partial charge in [0.15, 0.2) is 11.6 Å². The van der Waals surface area contributed by atoms with Crippen molar-refractivity contribution in [3.05, 3.63) is 87.6 Å². The smallest absolute Gasteiger partial charge is 0.444 e. The molecule has 14 heteroatoms. The lowest BCUT2D eigenvalue weighted by Gasteiger charge is -2.21. The van der Waals surface area contributed by atoms with Gasteiger partial charge >= 0.3 is 12.5 Å². The molecule has 0 aliphatic rings. The van der Waals surface area contributed by atoms with E-state index in [1.807, 2.05) is 0 Å². The third kappa shape index (κ3) is 7.51. The van der Waals surface area contributed by atoms with Crippen LogP contribution in [0.15, 0.2) is 53.6 Å². The number of rotatable bonds is 6. The van der Waals surface area contributed by atoms with Crippen LogP contribution in [0.25, 0.3) is 0 Å². The monoisotopic (exact) mass is 540 g/mol. The zero-order valence-corrected chi connectivity index (χ0v) is 20.1. The van der Waals surface area contributed by atoms with Crippen molar-refractivity contribution in [3.8, 4) is 5.75 Å². The largest absolute Gasteiger partial charge is 0.573 e. The van der Waals surface area contributed by atoms with E-state index in [9.17, 15) is 36.3 Å². The molecule has 2 aromatic heterocycles. The summed E-state index contributed by atoms with van der Waals surface area (Å²) in [5.74, 6) is -4.39. The van der Waals surface area contributed by atoms with Crippen LogP contribution in [-0.2, 0) is 4.74 Å². The number of anilines is 1. The molecule has 1 aromatic carbocycles. The van der Waals surface area contributed by atoms with Gasteiger partial charge in [0.1, 0.15) is 22.8 Å². The second-order valence-electron chi connectivity index (χ2n) is 8.77. The van der Waals surface area contributed by atoms with Gasteiger partial charge in [-0.15, -0.1) is 13.2 Å². The first-order valence-corrected chi connectivity index (χ1v) is 10.8. The summed E-state index contributed by atoms with van der Waals surface area (Å²) in [5.41, 5.74) is -2.73. The van der Waals surface area contributed by atoms with Crippen LogP contribution in [0.5, 0.6) is 5.75 Å². The maximum Gasteiger partial charge on any atom is 0.573 e. The summed E-state index contributed by atoms with van der Waals surface area (Å²) in [7, 11) is 0. The predicted molar refractivity (Wildman–Crippen MR) is 124 cm³/mol. The number of amides is 2. The molecule has 0 fully saturated rings. The number of hydrogen-bond donors (Lipinski definition) is 3. The number of pyridine rings is 2. The minimum absolute atomic E-state index is 0.167. The van der Waals surface area contributed by atoms with Crippen LogP contribution in [0.4, 0.5) is 32.4 Å². The highest BCUT2D eigenvalue weighted by Crippen LogP contribution is 2.30. The molecule has 3 rings (SSSR count). The van der Waals surface area contributed by atoms with Crippen LogP contribution in [0, 0.1) is 11.6 Å². The summed E-state index contributed by atoms with van der Waals surface area (Å²) in [4.78, 5) is 43.3. The molecule has 3 N–H and O–H groups in total. The summed E-state index contributed by atoms with van der Waals surface area (Å²) in [6, 6.07) is 4.10. The molecule has 2 heterocycles. The van der Waals surface area contributed by atoms with E-state index in [-0.39, 0.29) is 22.5 Å². The van der Waals surface area contributed by atoms with Gasteiger partial charge in [-0.1, -0.05) is 6.07 Å². The Bertz CT molecular complexity index is 1400. The van der Waals surface area contributed by atoms with E-state index in [0.717, 1.165) is 24.4 Å². The average Bonchev–Trinajstić information content (AvgIpc) is 2.78. The number of carbonyl (C=O) groups excluding carboxylic acids is 2. The van der Waals surface area contributed by atoms with Crippen molar-refractivity contribution in [2.24, 2.45) is 0 Å². The number of benzene rings is 1. The van der Waals surface area contributed by atoms with Gasteiger partial charge in [-0.25, -0.2) is 13.6 Å². The molecule has 0 spiro atoms. The molecule has 202 valence electrons. The average molecular weight is 540 g/mol. The highest BCUT2D eigenvalue weighted by atomic mass is 19.4. The standard InChI is InChI=1S/C24H21F5N4O5/c1-23(2,3)38-22(36)32-16-10-13(11-31-21(16)35)20(34)33-18(19-14(25)5-4-8-30-19)12-6-7-17(15(26)9-12)37-24(27,28)29/h4-11,18H,1-3H3,(H,31,35)(H,32,36)(H,33,34). The van der Waals surface area contributed by atoms with Crippen LogP contribution in [0.1, 0.15) is 48.4 Å². The van der Waals surface area contributed by atoms with Gasteiger partial charge in [-0.05, 0) is 56.7 Å². The molecule has 0 saturated carbocycles. The number of ether oxygens (including phenoxy) is 2. The van der Waals surface area contributed by atoms with Crippen molar-refractivity contribution in [1.29, 1.82) is 0 Å². The molecule has 0 bridgehead atoms. The zero-order valence-electron chi connectivity index (χ0n) is 20.1. The molecule has 0 aliphatic carbocycles. The molecule has 0 saturated heterocycles. The lowest BCUT2D eigenvalue weighted by atomic mass is 10.0. The maximum absolute atomic E-state index is 14.6. The second kappa shape index (κ2) is 10.9. The van der Waals surface area contributed by atoms with Gasteiger partial charge in [-0.2, -0.15) is 0 Å². The Morgan fingerprint density at radius 2 is 1.76 bits per heavy atom. The molecular formula is C24H21F5N4O5. The van der Waals surface area contributed by atoms with E-state index in [4.69, 9.17) is 4.74 Å². The van der Waals surface area contributed by atoms with Crippen molar-refractivity contribution in [2.75, 3.05) is 5.32 Å². The number of H-pyrrole nitrogens is 1. The van der Waals surface area contributed by atoms with Gasteiger partial charge in [0.05, 0.1) is 11.6 Å². The first-order chi connectivity index (χ1) is 17.6. The fraction of sp³-hybridized carbons (Fsp3) is 0.250. The van der Waals surface area contributed by atoms with Crippen molar-refractivity contribution in [3.63, 3.8) is 0 Å². The summed E-state index contributed by atoms with van der Waals surface area (Å²) in [5, 5.41) is 4.61. The van der Waals surface area contributed by atoms with Crippen molar-refractivity contribution in [1.82, 2.24) is 15.3 Å². The first-order valence-electron chi connectivity index (χ1n) is 10.8. The fourth-order valence-corrected chi connectivity index (χ4v) is 3.16. The van der Waals surface area contributed by atoms with Gasteiger partial charge in [-0.3, -0.25) is 19.9 Å². The van der Waals surface area contributed by atoms with Crippen molar-refractivity contribution < 1.29 is 41.0 Å². The number of halogens is 5. The Kier molecular flexibility index (Phi) is 8.03. The lowest BCUT2D eigenvalue weighted by Crippen LogP contribution is -2.32. The topological polar surface area (TPSA) is 122 Å². The quantitative estimate of drug-likeness (QED) is 0.386. The minimum atomic E-state index is -5.15. The number of nitrogens with one attached hydrogen (secondary N) is 3. The van der Waals surface area contributed by atoms with E-state index in [1.165, 1.54) is 12.3 Å². The molecule has 1 unspecified atom stereocenters. The number of alkyl halides is 3. The summed E-state index contributed by atoms with van der Waals surface area (Å²) in [6.45, 7) is 4.80. The maximum atomic E-state index is 14.6. The summed E-state index contributed by atoms with van der Waals surface area (Å²) >= 11 is 0. The molecule has 3 aromatic rings. The molecular weight excluding hydrogens is 519 g/mol. The van der Waals surface area contributed by atoms with Crippen LogP contribution in [-0.4, -0.2) is 33.9 Å². The SMILES string of the molecule is CC(C)(C)OC(=O)Nc1cc(C(=O)NC(c2ccc(OC(F)(F)F)c(F)c2)c2ncccc2F)c[nH]c1=O. The zero-order chi connectivity index (χ0) is 28.3. The third-order valence-corrected chi connectivity index (χ3v) is 4.65. The van der Waals surface area contributed by atoms with Gasteiger partial charge < -0.3 is 19.8 Å². The predicted octanol–water partition coefficient (Wildman–Crippen LogP) is 4.81. The van der Waals surface area contributed by atoms with E-state index < -0.39 is 52.9 Å². The molecule has 2 amide bonds. The Labute approximate surface area is 212 Å².